The lowest BCUT2D eigenvalue weighted by Crippen LogP contribution is -2.02. The van der Waals surface area contributed by atoms with Gasteiger partial charge in [0, 0.05) is 12.1 Å². The molecule has 108 valence electrons. The fraction of sp³-hybridized carbons (Fsp3) is 0. The summed E-state index contributed by atoms with van der Waals surface area (Å²) in [5.74, 6) is -4.18. The van der Waals surface area contributed by atoms with Gasteiger partial charge < -0.3 is 9.84 Å². The third-order valence-electron chi connectivity index (χ3n) is 2.52. The number of carboxylic acids is 1. The second-order valence-electron chi connectivity index (χ2n) is 3.92. The first-order chi connectivity index (χ1) is 9.88. The van der Waals surface area contributed by atoms with E-state index in [4.69, 9.17) is 9.84 Å². The van der Waals surface area contributed by atoms with Crippen LogP contribution < -0.4 is 4.74 Å². The predicted molar refractivity (Wildman–Crippen MR) is 66.5 cm³/mol. The van der Waals surface area contributed by atoms with Crippen molar-refractivity contribution in [1.29, 1.82) is 0 Å². The van der Waals surface area contributed by atoms with Crippen molar-refractivity contribution >= 4 is 11.7 Å². The van der Waals surface area contributed by atoms with Crippen LogP contribution in [-0.4, -0.2) is 16.0 Å². The summed E-state index contributed by atoms with van der Waals surface area (Å²) in [6, 6.07) is 5.11. The van der Waals surface area contributed by atoms with Gasteiger partial charge in [0.05, 0.1) is 11.0 Å². The van der Waals surface area contributed by atoms with Gasteiger partial charge in [-0.05, 0) is 18.2 Å². The highest BCUT2D eigenvalue weighted by molar-refractivity contribution is 5.91. The molecular formula is C13H7F2NO5. The predicted octanol–water partition coefficient (Wildman–Crippen LogP) is 3.36. The van der Waals surface area contributed by atoms with Crippen LogP contribution in [0.5, 0.6) is 11.5 Å². The number of halogens is 2. The zero-order valence-electron chi connectivity index (χ0n) is 10.2. The summed E-state index contributed by atoms with van der Waals surface area (Å²) < 4.78 is 31.5. The van der Waals surface area contributed by atoms with Gasteiger partial charge in [0.25, 0.3) is 5.69 Å². The molecule has 0 saturated heterocycles. The average Bonchev–Trinajstić information content (AvgIpc) is 2.42. The summed E-state index contributed by atoms with van der Waals surface area (Å²) in [7, 11) is 0. The SMILES string of the molecule is O=C(O)c1ccc([N+](=O)[O-])cc1Oc1cc(F)ccc1F. The molecule has 6 nitrogen and oxygen atoms in total. The Hall–Kier alpha value is -3.03. The zero-order valence-corrected chi connectivity index (χ0v) is 10.2. The number of hydrogen-bond donors (Lipinski definition) is 1. The fourth-order valence-corrected chi connectivity index (χ4v) is 1.56. The van der Waals surface area contributed by atoms with E-state index in [1.54, 1.807) is 0 Å². The smallest absolute Gasteiger partial charge is 0.339 e. The second kappa shape index (κ2) is 5.53. The monoisotopic (exact) mass is 295 g/mol. The minimum absolute atomic E-state index is 0.413. The van der Waals surface area contributed by atoms with E-state index < -0.39 is 45.3 Å². The number of ether oxygens (including phenoxy) is 1. The molecule has 0 atom stereocenters. The summed E-state index contributed by atoms with van der Waals surface area (Å²) in [5, 5.41) is 19.7. The Bertz CT molecular complexity index is 732. The summed E-state index contributed by atoms with van der Waals surface area (Å²) in [6.45, 7) is 0. The van der Waals surface area contributed by atoms with E-state index in [9.17, 15) is 23.7 Å². The van der Waals surface area contributed by atoms with Gasteiger partial charge in [0.1, 0.15) is 17.1 Å². The third-order valence-corrected chi connectivity index (χ3v) is 2.52. The van der Waals surface area contributed by atoms with Crippen molar-refractivity contribution in [2.45, 2.75) is 0 Å². The Labute approximate surface area is 116 Å². The Kier molecular flexibility index (Phi) is 3.79. The second-order valence-corrected chi connectivity index (χ2v) is 3.92. The topological polar surface area (TPSA) is 89.7 Å². The maximum atomic E-state index is 13.5. The Morgan fingerprint density at radius 1 is 1.14 bits per heavy atom. The maximum Gasteiger partial charge on any atom is 0.339 e. The van der Waals surface area contributed by atoms with Gasteiger partial charge in [-0.1, -0.05) is 0 Å². The minimum Gasteiger partial charge on any atom is -0.478 e. The van der Waals surface area contributed by atoms with Gasteiger partial charge in [0.2, 0.25) is 0 Å². The molecule has 1 N–H and O–H groups in total. The Balaban J connectivity index is 2.50. The largest absolute Gasteiger partial charge is 0.478 e. The van der Waals surface area contributed by atoms with Gasteiger partial charge in [-0.15, -0.1) is 0 Å². The molecule has 2 aromatic rings. The van der Waals surface area contributed by atoms with Crippen LogP contribution in [0.25, 0.3) is 0 Å². The van der Waals surface area contributed by atoms with E-state index in [2.05, 4.69) is 0 Å². The highest BCUT2D eigenvalue weighted by atomic mass is 19.1. The number of nitro groups is 1. The van der Waals surface area contributed by atoms with Crippen LogP contribution in [0.4, 0.5) is 14.5 Å². The number of carboxylic acid groups (broad SMARTS) is 1. The van der Waals surface area contributed by atoms with Crippen molar-refractivity contribution < 1.29 is 28.3 Å². The number of carbonyl (C=O) groups is 1. The molecule has 0 bridgehead atoms. The highest BCUT2D eigenvalue weighted by Gasteiger charge is 2.18. The highest BCUT2D eigenvalue weighted by Crippen LogP contribution is 2.31. The van der Waals surface area contributed by atoms with E-state index in [-0.39, 0.29) is 0 Å². The molecule has 0 amide bonds. The van der Waals surface area contributed by atoms with Crippen LogP contribution in [0.3, 0.4) is 0 Å². The molecule has 0 aliphatic carbocycles. The Morgan fingerprint density at radius 2 is 1.86 bits per heavy atom. The number of hydrogen-bond acceptors (Lipinski definition) is 4. The van der Waals surface area contributed by atoms with Crippen molar-refractivity contribution in [3.63, 3.8) is 0 Å². The van der Waals surface area contributed by atoms with Crippen molar-refractivity contribution in [2.24, 2.45) is 0 Å². The molecule has 0 saturated carbocycles. The van der Waals surface area contributed by atoms with Gasteiger partial charge in [-0.3, -0.25) is 10.1 Å². The third kappa shape index (κ3) is 3.11. The van der Waals surface area contributed by atoms with Crippen LogP contribution in [0.15, 0.2) is 36.4 Å². The Morgan fingerprint density at radius 3 is 2.48 bits per heavy atom. The van der Waals surface area contributed by atoms with E-state index in [0.717, 1.165) is 30.3 Å². The number of nitrogens with zero attached hydrogens (tertiary/aromatic N) is 1. The van der Waals surface area contributed by atoms with Crippen LogP contribution in [-0.2, 0) is 0 Å². The molecule has 0 aliphatic heterocycles. The molecule has 0 unspecified atom stereocenters. The molecule has 0 fully saturated rings. The standard InChI is InChI=1S/C13H7F2NO5/c14-7-1-4-10(15)12(5-7)21-11-6-8(16(19)20)2-3-9(11)13(17)18/h1-6H,(H,17,18). The van der Waals surface area contributed by atoms with E-state index >= 15 is 0 Å². The van der Waals surface area contributed by atoms with Crippen LogP contribution in [0.1, 0.15) is 10.4 Å². The molecule has 21 heavy (non-hydrogen) atoms. The molecular weight excluding hydrogens is 288 g/mol. The van der Waals surface area contributed by atoms with Crippen LogP contribution in [0.2, 0.25) is 0 Å². The van der Waals surface area contributed by atoms with Gasteiger partial charge >= 0.3 is 5.97 Å². The fourth-order valence-electron chi connectivity index (χ4n) is 1.56. The van der Waals surface area contributed by atoms with Crippen LogP contribution >= 0.6 is 0 Å². The summed E-state index contributed by atoms with van der Waals surface area (Å²) >= 11 is 0. The van der Waals surface area contributed by atoms with E-state index in [0.29, 0.717) is 6.07 Å². The number of rotatable bonds is 4. The summed E-state index contributed by atoms with van der Waals surface area (Å²) in [4.78, 5) is 20.9. The maximum absolute atomic E-state index is 13.5. The first-order valence-electron chi connectivity index (χ1n) is 5.53. The van der Waals surface area contributed by atoms with Gasteiger partial charge in [-0.2, -0.15) is 0 Å². The summed E-state index contributed by atoms with van der Waals surface area (Å²) in [6.07, 6.45) is 0. The van der Waals surface area contributed by atoms with Crippen molar-refractivity contribution in [3.8, 4) is 11.5 Å². The molecule has 0 radical (unpaired) electrons. The first-order valence-corrected chi connectivity index (χ1v) is 5.53. The number of non-ortho nitro benzene ring substituents is 1. The molecule has 0 aliphatic rings. The van der Waals surface area contributed by atoms with Gasteiger partial charge in [0.15, 0.2) is 11.6 Å². The van der Waals surface area contributed by atoms with Crippen molar-refractivity contribution in [3.05, 3.63) is 63.7 Å². The molecule has 0 heterocycles. The normalized spacial score (nSPS) is 10.2. The first kappa shape index (κ1) is 14.4. The van der Waals surface area contributed by atoms with E-state index in [1.165, 1.54) is 0 Å². The lowest BCUT2D eigenvalue weighted by atomic mass is 10.2. The number of benzene rings is 2. The molecule has 0 spiro atoms. The van der Waals surface area contributed by atoms with Crippen molar-refractivity contribution in [2.75, 3.05) is 0 Å². The van der Waals surface area contributed by atoms with Crippen LogP contribution in [0, 0.1) is 21.7 Å². The quantitative estimate of drug-likeness (QED) is 0.690. The molecule has 0 aromatic heterocycles. The number of nitro benzene ring substituents is 1. The minimum atomic E-state index is -1.42. The number of aromatic carboxylic acids is 1. The molecule has 2 rings (SSSR count). The lowest BCUT2D eigenvalue weighted by molar-refractivity contribution is -0.384. The molecule has 2 aromatic carbocycles. The van der Waals surface area contributed by atoms with E-state index in [1.807, 2.05) is 0 Å². The zero-order chi connectivity index (χ0) is 15.6. The lowest BCUT2D eigenvalue weighted by Gasteiger charge is -2.09. The van der Waals surface area contributed by atoms with Gasteiger partial charge in [-0.25, -0.2) is 13.6 Å². The van der Waals surface area contributed by atoms with Crippen molar-refractivity contribution in [1.82, 2.24) is 0 Å². The molecule has 8 heteroatoms. The summed E-state index contributed by atoms with van der Waals surface area (Å²) in [5.41, 5.74) is -0.851. The average molecular weight is 295 g/mol.